The van der Waals surface area contributed by atoms with Gasteiger partial charge >= 0.3 is 5.97 Å². The average Bonchev–Trinajstić information content (AvgIpc) is 3.05. The molecule has 0 bridgehead atoms. The molecule has 1 fully saturated rings. The summed E-state index contributed by atoms with van der Waals surface area (Å²) in [6.45, 7) is 2.65. The molecule has 2 amide bonds. The van der Waals surface area contributed by atoms with E-state index in [1.54, 1.807) is 0 Å². The first kappa shape index (κ1) is 17.9. The van der Waals surface area contributed by atoms with Crippen LogP contribution in [0.1, 0.15) is 25.3 Å². The number of nitrogens with one attached hydrogen (secondary N) is 2. The van der Waals surface area contributed by atoms with Crippen LogP contribution in [0.3, 0.4) is 0 Å². The van der Waals surface area contributed by atoms with E-state index in [1.165, 1.54) is 11.8 Å². The fourth-order valence-corrected chi connectivity index (χ4v) is 2.72. The Morgan fingerprint density at radius 1 is 1.29 bits per heavy atom. The Hall–Kier alpha value is -2.41. The predicted octanol–water partition coefficient (Wildman–Crippen LogP) is 0.357. The second-order valence-corrected chi connectivity index (χ2v) is 5.90. The molecule has 7 heteroatoms. The van der Waals surface area contributed by atoms with Gasteiger partial charge in [-0.05, 0) is 25.3 Å². The minimum atomic E-state index is -1.09. The summed E-state index contributed by atoms with van der Waals surface area (Å²) in [7, 11) is 0. The molecule has 1 aliphatic heterocycles. The zero-order chi connectivity index (χ0) is 17.5. The lowest BCUT2D eigenvalue weighted by Crippen LogP contribution is -2.51. The number of carboxylic acids is 1. The van der Waals surface area contributed by atoms with Crippen molar-refractivity contribution < 1.29 is 19.5 Å². The fraction of sp³-hybridized carbons (Fsp3) is 0.471. The summed E-state index contributed by atoms with van der Waals surface area (Å²) in [5.74, 6) is -1.64. The smallest absolute Gasteiger partial charge is 0.325 e. The van der Waals surface area contributed by atoms with E-state index in [-0.39, 0.29) is 12.5 Å². The van der Waals surface area contributed by atoms with Crippen LogP contribution in [0, 0.1) is 0 Å². The van der Waals surface area contributed by atoms with E-state index < -0.39 is 24.0 Å². The van der Waals surface area contributed by atoms with Crippen molar-refractivity contribution in [1.82, 2.24) is 15.5 Å². The van der Waals surface area contributed by atoms with Crippen molar-refractivity contribution in [2.75, 3.05) is 13.1 Å². The molecule has 24 heavy (non-hydrogen) atoms. The molecule has 0 aromatic heterocycles. The molecular formula is C17H23N3O4. The predicted molar refractivity (Wildman–Crippen MR) is 88.1 cm³/mol. The lowest BCUT2D eigenvalue weighted by molar-refractivity contribution is -0.143. The number of amides is 2. The number of carbonyl (C=O) groups is 3. The van der Waals surface area contributed by atoms with E-state index in [4.69, 9.17) is 5.11 Å². The normalized spacial score (nSPS) is 18.2. The highest BCUT2D eigenvalue weighted by Gasteiger charge is 2.34. The van der Waals surface area contributed by atoms with Gasteiger partial charge < -0.3 is 20.6 Å². The van der Waals surface area contributed by atoms with Crippen molar-refractivity contribution in [1.29, 1.82) is 0 Å². The second kappa shape index (κ2) is 8.44. The molecule has 2 atom stereocenters. The quantitative estimate of drug-likeness (QED) is 0.669. The van der Waals surface area contributed by atoms with E-state index in [2.05, 4.69) is 10.6 Å². The van der Waals surface area contributed by atoms with E-state index in [0.717, 1.165) is 12.0 Å². The third-order valence-corrected chi connectivity index (χ3v) is 4.05. The Morgan fingerprint density at radius 3 is 2.67 bits per heavy atom. The lowest BCUT2D eigenvalue weighted by Gasteiger charge is -2.25. The molecule has 7 nitrogen and oxygen atoms in total. The Labute approximate surface area is 141 Å². The SMILES string of the molecule is C[C@H](NC(=O)[C@@H]1CCCN1C(=O)CNCc1ccccc1)C(=O)O. The average molecular weight is 333 g/mol. The summed E-state index contributed by atoms with van der Waals surface area (Å²) >= 11 is 0. The first-order valence-electron chi connectivity index (χ1n) is 8.06. The number of carbonyl (C=O) groups excluding carboxylic acids is 2. The minimum Gasteiger partial charge on any atom is -0.480 e. The van der Waals surface area contributed by atoms with Crippen LogP contribution in [-0.4, -0.2) is 53.0 Å². The molecule has 130 valence electrons. The summed E-state index contributed by atoms with van der Waals surface area (Å²) < 4.78 is 0. The van der Waals surface area contributed by atoms with Gasteiger partial charge in [0.1, 0.15) is 12.1 Å². The van der Waals surface area contributed by atoms with Crippen LogP contribution in [0.25, 0.3) is 0 Å². The van der Waals surface area contributed by atoms with Crippen molar-refractivity contribution >= 4 is 17.8 Å². The van der Waals surface area contributed by atoms with Crippen LogP contribution >= 0.6 is 0 Å². The van der Waals surface area contributed by atoms with Gasteiger partial charge in [-0.3, -0.25) is 14.4 Å². The molecule has 1 aromatic carbocycles. The van der Waals surface area contributed by atoms with Gasteiger partial charge in [-0.25, -0.2) is 0 Å². The van der Waals surface area contributed by atoms with Crippen LogP contribution in [0.5, 0.6) is 0 Å². The van der Waals surface area contributed by atoms with Crippen LogP contribution in [0.2, 0.25) is 0 Å². The van der Waals surface area contributed by atoms with Crippen molar-refractivity contribution in [3.63, 3.8) is 0 Å². The molecule has 0 unspecified atom stereocenters. The van der Waals surface area contributed by atoms with Crippen molar-refractivity contribution in [2.24, 2.45) is 0 Å². The van der Waals surface area contributed by atoms with Gasteiger partial charge in [0.25, 0.3) is 0 Å². The fourth-order valence-electron chi connectivity index (χ4n) is 2.72. The Balaban J connectivity index is 1.84. The monoisotopic (exact) mass is 333 g/mol. The standard InChI is InChI=1S/C17H23N3O4/c1-12(17(23)24)19-16(22)14-8-5-9-20(14)15(21)11-18-10-13-6-3-2-4-7-13/h2-4,6-7,12,14,18H,5,8-11H2,1H3,(H,19,22)(H,23,24)/t12-,14-/m0/s1. The first-order valence-corrected chi connectivity index (χ1v) is 8.06. The Kier molecular flexibility index (Phi) is 6.31. The summed E-state index contributed by atoms with van der Waals surface area (Å²) in [5.41, 5.74) is 1.08. The second-order valence-electron chi connectivity index (χ2n) is 5.90. The molecule has 2 rings (SSSR count). The Morgan fingerprint density at radius 2 is 2.00 bits per heavy atom. The maximum Gasteiger partial charge on any atom is 0.325 e. The van der Waals surface area contributed by atoms with Crippen LogP contribution in [-0.2, 0) is 20.9 Å². The highest BCUT2D eigenvalue weighted by molar-refractivity contribution is 5.91. The zero-order valence-corrected chi connectivity index (χ0v) is 13.7. The third-order valence-electron chi connectivity index (χ3n) is 4.05. The number of aliphatic carboxylic acids is 1. The van der Waals surface area contributed by atoms with E-state index >= 15 is 0 Å². The molecule has 1 aliphatic rings. The van der Waals surface area contributed by atoms with Crippen molar-refractivity contribution in [3.8, 4) is 0 Å². The highest BCUT2D eigenvalue weighted by atomic mass is 16.4. The van der Waals surface area contributed by atoms with Gasteiger partial charge in [-0.2, -0.15) is 0 Å². The summed E-state index contributed by atoms with van der Waals surface area (Å²) in [4.78, 5) is 36.9. The summed E-state index contributed by atoms with van der Waals surface area (Å²) in [6.07, 6.45) is 1.30. The number of hydrogen-bond acceptors (Lipinski definition) is 4. The number of carboxylic acid groups (broad SMARTS) is 1. The highest BCUT2D eigenvalue weighted by Crippen LogP contribution is 2.17. The number of nitrogens with zero attached hydrogens (tertiary/aromatic N) is 1. The first-order chi connectivity index (χ1) is 11.5. The molecule has 1 aromatic rings. The number of rotatable bonds is 7. The molecular weight excluding hydrogens is 310 g/mol. The minimum absolute atomic E-state index is 0.146. The number of hydrogen-bond donors (Lipinski definition) is 3. The molecule has 1 heterocycles. The third kappa shape index (κ3) is 4.79. The molecule has 0 saturated carbocycles. The van der Waals surface area contributed by atoms with Crippen molar-refractivity contribution in [3.05, 3.63) is 35.9 Å². The largest absolute Gasteiger partial charge is 0.480 e. The number of likely N-dealkylation sites (tertiary alicyclic amines) is 1. The van der Waals surface area contributed by atoms with Crippen LogP contribution in [0.4, 0.5) is 0 Å². The maximum atomic E-state index is 12.3. The van der Waals surface area contributed by atoms with Gasteiger partial charge in [-0.15, -0.1) is 0 Å². The van der Waals surface area contributed by atoms with E-state index in [9.17, 15) is 14.4 Å². The number of benzene rings is 1. The van der Waals surface area contributed by atoms with Crippen LogP contribution < -0.4 is 10.6 Å². The van der Waals surface area contributed by atoms with E-state index in [1.807, 2.05) is 30.3 Å². The maximum absolute atomic E-state index is 12.3. The molecule has 0 radical (unpaired) electrons. The summed E-state index contributed by atoms with van der Waals surface area (Å²) in [6, 6.07) is 8.18. The molecule has 0 spiro atoms. The van der Waals surface area contributed by atoms with E-state index in [0.29, 0.717) is 19.5 Å². The Bertz CT molecular complexity index is 591. The van der Waals surface area contributed by atoms with Gasteiger partial charge in [0, 0.05) is 13.1 Å². The van der Waals surface area contributed by atoms with Crippen molar-refractivity contribution in [2.45, 2.75) is 38.4 Å². The van der Waals surface area contributed by atoms with Gasteiger partial charge in [0.2, 0.25) is 11.8 Å². The lowest BCUT2D eigenvalue weighted by atomic mass is 10.2. The zero-order valence-electron chi connectivity index (χ0n) is 13.7. The van der Waals surface area contributed by atoms with Gasteiger partial charge in [0.05, 0.1) is 6.54 Å². The molecule has 3 N–H and O–H groups in total. The van der Waals surface area contributed by atoms with Gasteiger partial charge in [-0.1, -0.05) is 30.3 Å². The summed E-state index contributed by atoms with van der Waals surface area (Å²) in [5, 5.41) is 14.4. The molecule has 0 aliphatic carbocycles. The van der Waals surface area contributed by atoms with Crippen LogP contribution in [0.15, 0.2) is 30.3 Å². The van der Waals surface area contributed by atoms with Gasteiger partial charge in [0.15, 0.2) is 0 Å². The molecule has 1 saturated heterocycles. The topological polar surface area (TPSA) is 98.7 Å².